The molecule has 0 bridgehead atoms. The summed E-state index contributed by atoms with van der Waals surface area (Å²) in [5.74, 6) is -1.07. The number of amides is 2. The summed E-state index contributed by atoms with van der Waals surface area (Å²) in [6.07, 6.45) is 3.41. The quantitative estimate of drug-likeness (QED) is 0.157. The Morgan fingerprint density at radius 2 is 2.07 bits per heavy atom. The number of anilines is 2. The van der Waals surface area contributed by atoms with Crippen LogP contribution in [0.2, 0.25) is 18.6 Å². The number of nitrogens with zero attached hydrogens (tertiary/aromatic N) is 5. The van der Waals surface area contributed by atoms with E-state index in [1.807, 2.05) is 25.1 Å². The van der Waals surface area contributed by atoms with Crippen molar-refractivity contribution in [1.29, 1.82) is 0 Å². The lowest BCUT2D eigenvalue weighted by atomic mass is 9.82. The summed E-state index contributed by atoms with van der Waals surface area (Å²) in [4.78, 5) is 42.5. The molecule has 12 nitrogen and oxygen atoms in total. The van der Waals surface area contributed by atoms with Gasteiger partial charge >= 0.3 is 5.97 Å². The van der Waals surface area contributed by atoms with Crippen LogP contribution in [0, 0.1) is 5.92 Å². The number of unbranched alkanes of at least 4 members (excludes halogenated alkanes) is 1. The number of aromatic nitrogens is 3. The van der Waals surface area contributed by atoms with E-state index in [1.54, 1.807) is 33.8 Å². The number of carbonyl (C=O) groups is 3. The summed E-state index contributed by atoms with van der Waals surface area (Å²) < 4.78 is 29.5. The van der Waals surface area contributed by atoms with Crippen molar-refractivity contribution in [3.63, 3.8) is 0 Å². The van der Waals surface area contributed by atoms with E-state index in [1.165, 1.54) is 7.11 Å². The van der Waals surface area contributed by atoms with Crippen LogP contribution in [0.3, 0.4) is 0 Å². The fourth-order valence-electron chi connectivity index (χ4n) is 7.15. The van der Waals surface area contributed by atoms with Gasteiger partial charge in [-0.05, 0) is 50.6 Å². The predicted molar refractivity (Wildman–Crippen MR) is 163 cm³/mol. The van der Waals surface area contributed by atoms with Gasteiger partial charge in [0, 0.05) is 74.5 Å². The molecule has 1 aromatic heterocycles. The minimum Gasteiger partial charge on any atom is -0.469 e. The first-order valence-electron chi connectivity index (χ1n) is 15.4. The second kappa shape index (κ2) is 13.0. The number of halogens is 1. The molecule has 0 aliphatic carbocycles. The first-order valence-corrected chi connectivity index (χ1v) is 18.4. The van der Waals surface area contributed by atoms with Crippen molar-refractivity contribution in [1.82, 2.24) is 20.3 Å². The summed E-state index contributed by atoms with van der Waals surface area (Å²) in [7, 11) is -2.01. The third-order valence-corrected chi connectivity index (χ3v) is 11.6. The van der Waals surface area contributed by atoms with Crippen LogP contribution in [0.5, 0.6) is 0 Å². The van der Waals surface area contributed by atoms with Gasteiger partial charge < -0.3 is 33.8 Å². The van der Waals surface area contributed by atoms with Gasteiger partial charge in [0.05, 0.1) is 31.1 Å². The van der Waals surface area contributed by atoms with Gasteiger partial charge in [-0.1, -0.05) is 12.1 Å². The molecular weight excluding hydrogens is 587 g/mol. The predicted octanol–water partition coefficient (Wildman–Crippen LogP) is 2.30. The molecule has 2 aromatic rings. The molecule has 1 spiro atoms. The maximum absolute atomic E-state index is 16.2. The van der Waals surface area contributed by atoms with Crippen LogP contribution in [-0.4, -0.2) is 92.3 Å². The molecule has 0 saturated carbocycles. The lowest BCUT2D eigenvalue weighted by molar-refractivity contribution is -0.146. The maximum atomic E-state index is 16.2. The highest BCUT2D eigenvalue weighted by Gasteiger charge is 2.66. The molecule has 4 heterocycles. The maximum Gasteiger partial charge on any atom is 0.305 e. The monoisotopic (exact) mass is 630 g/mol. The van der Waals surface area contributed by atoms with Gasteiger partial charge in [-0.2, -0.15) is 0 Å². The molecule has 44 heavy (non-hydrogen) atoms. The van der Waals surface area contributed by atoms with E-state index >= 15 is 4.11 Å². The Morgan fingerprint density at radius 1 is 1.27 bits per heavy atom. The molecule has 3 aliphatic heterocycles. The van der Waals surface area contributed by atoms with E-state index in [-0.39, 0.29) is 37.4 Å². The standard InChI is InChI=1S/C30H43FN6O6Si/c1-20-28(44(3,4)31)25(10-14-35-19-21(11-16-38)33-34-35)43-30(20)23-17-22(36-15-12-32-18-26(36)39)8-9-24(23)37(29(30)41)13-6-5-7-27(40)42-2/h8-9,17,19-20,25,28,32,38H,5-7,10-16,18H2,1-4H3/t20-,25+,28-,30+/m0/s1. The van der Waals surface area contributed by atoms with E-state index in [9.17, 15) is 19.5 Å². The minimum atomic E-state index is -3.37. The first kappa shape index (κ1) is 32.2. The number of hydrogen-bond donors (Lipinski definition) is 2. The van der Waals surface area contributed by atoms with Gasteiger partial charge in [0.2, 0.25) is 14.3 Å². The van der Waals surface area contributed by atoms with Gasteiger partial charge in [-0.25, -0.2) is 0 Å². The van der Waals surface area contributed by atoms with Crippen LogP contribution in [-0.2, 0) is 42.4 Å². The number of esters is 1. The third-order valence-electron chi connectivity index (χ3n) is 9.18. The molecule has 0 radical (unpaired) electrons. The van der Waals surface area contributed by atoms with Crippen molar-refractivity contribution in [3.05, 3.63) is 35.7 Å². The molecule has 2 saturated heterocycles. The van der Waals surface area contributed by atoms with Crippen LogP contribution in [0.25, 0.3) is 0 Å². The average Bonchev–Trinajstić information content (AvgIpc) is 3.63. The van der Waals surface area contributed by atoms with Gasteiger partial charge in [0.25, 0.3) is 5.91 Å². The highest BCUT2D eigenvalue weighted by atomic mass is 28.4. The number of piperazine rings is 1. The number of aryl methyl sites for hydroxylation is 1. The topological polar surface area (TPSA) is 139 Å². The zero-order valence-corrected chi connectivity index (χ0v) is 26.9. The normalized spacial score (nSPS) is 25.3. The summed E-state index contributed by atoms with van der Waals surface area (Å²) in [6.45, 7) is 7.38. The average molecular weight is 631 g/mol. The van der Waals surface area contributed by atoms with E-state index < -0.39 is 31.6 Å². The first-order chi connectivity index (χ1) is 21.0. The van der Waals surface area contributed by atoms with E-state index in [4.69, 9.17) is 9.47 Å². The Labute approximate surface area is 258 Å². The van der Waals surface area contributed by atoms with Crippen molar-refractivity contribution in [2.45, 2.75) is 75.9 Å². The smallest absolute Gasteiger partial charge is 0.305 e. The number of carbonyl (C=O) groups excluding carboxylic acids is 3. The number of rotatable bonds is 12. The highest BCUT2D eigenvalue weighted by Crippen LogP contribution is 2.60. The van der Waals surface area contributed by atoms with E-state index in [2.05, 4.69) is 15.6 Å². The Balaban J connectivity index is 1.49. The number of aliphatic hydroxyl groups excluding tert-OH is 1. The number of fused-ring (bicyclic) bond motifs is 2. The van der Waals surface area contributed by atoms with Gasteiger partial charge in [0.15, 0.2) is 5.60 Å². The fourth-order valence-corrected chi connectivity index (χ4v) is 9.69. The lowest BCUT2D eigenvalue weighted by Gasteiger charge is -2.32. The van der Waals surface area contributed by atoms with Gasteiger partial charge in [0.1, 0.15) is 0 Å². The number of nitrogens with one attached hydrogen (secondary N) is 1. The molecule has 240 valence electrons. The molecule has 2 N–H and O–H groups in total. The van der Waals surface area contributed by atoms with Crippen LogP contribution >= 0.6 is 0 Å². The third kappa shape index (κ3) is 6.04. The molecule has 2 amide bonds. The van der Waals surface area contributed by atoms with Crippen LogP contribution in [0.1, 0.15) is 43.9 Å². The summed E-state index contributed by atoms with van der Waals surface area (Å²) in [5.41, 5.74) is 0.794. The Kier molecular flexibility index (Phi) is 9.54. The van der Waals surface area contributed by atoms with Gasteiger partial charge in [-0.3, -0.25) is 19.1 Å². The second-order valence-electron chi connectivity index (χ2n) is 12.4. The van der Waals surface area contributed by atoms with Crippen molar-refractivity contribution in [3.8, 4) is 0 Å². The summed E-state index contributed by atoms with van der Waals surface area (Å²) in [6, 6.07) is 5.60. The molecule has 5 rings (SSSR count). The van der Waals surface area contributed by atoms with Crippen LogP contribution in [0.15, 0.2) is 24.4 Å². The van der Waals surface area contributed by atoms with Crippen molar-refractivity contribution in [2.24, 2.45) is 5.92 Å². The molecule has 2 fully saturated rings. The Hall–Kier alpha value is -3.20. The summed E-state index contributed by atoms with van der Waals surface area (Å²) >= 11 is 0. The van der Waals surface area contributed by atoms with Crippen molar-refractivity contribution in [2.75, 3.05) is 49.7 Å². The highest BCUT2D eigenvalue weighted by molar-refractivity contribution is 6.72. The van der Waals surface area contributed by atoms with Crippen molar-refractivity contribution < 1.29 is 33.1 Å². The number of aliphatic hydroxyl groups is 1. The van der Waals surface area contributed by atoms with Crippen molar-refractivity contribution >= 4 is 37.6 Å². The minimum absolute atomic E-state index is 0.0313. The molecule has 14 heteroatoms. The summed E-state index contributed by atoms with van der Waals surface area (Å²) in [5, 5.41) is 20.6. The molecule has 4 atom stereocenters. The Bertz CT molecular complexity index is 1380. The van der Waals surface area contributed by atoms with Crippen LogP contribution in [0.4, 0.5) is 15.5 Å². The largest absolute Gasteiger partial charge is 0.469 e. The van der Waals surface area contributed by atoms with Gasteiger partial charge in [-0.15, -0.1) is 5.10 Å². The van der Waals surface area contributed by atoms with E-state index in [0.717, 1.165) is 0 Å². The number of ether oxygens (including phenoxy) is 2. The lowest BCUT2D eigenvalue weighted by Crippen LogP contribution is -2.48. The number of hydrogen-bond acceptors (Lipinski definition) is 9. The SMILES string of the molecule is COC(=O)CCCCN1C(=O)[C@]2(O[C@H](CCn3cc(CCO)nn3)[C@@H]([Si](C)(C)F)[C@@H]2C)c2cc(N3CCNCC3=O)ccc21. The van der Waals surface area contributed by atoms with Crippen LogP contribution < -0.4 is 15.1 Å². The molecule has 1 aromatic carbocycles. The van der Waals surface area contributed by atoms with E-state index in [0.29, 0.717) is 74.5 Å². The zero-order valence-electron chi connectivity index (χ0n) is 25.9. The molecule has 0 unspecified atom stereocenters. The second-order valence-corrected chi connectivity index (χ2v) is 16.2. The number of methoxy groups -OCH3 is 1. The number of benzene rings is 1. The fraction of sp³-hybridized carbons (Fsp3) is 0.633. The molecular formula is C30H43FN6O6Si. The zero-order chi connectivity index (χ0) is 31.6. The Morgan fingerprint density at radius 3 is 2.77 bits per heavy atom. The molecule has 3 aliphatic rings.